The average molecular weight is 347 g/mol. The highest BCUT2D eigenvalue weighted by atomic mass is 32.2. The highest BCUT2D eigenvalue weighted by Gasteiger charge is 2.21. The second-order valence-corrected chi connectivity index (χ2v) is 7.67. The fourth-order valence-electron chi connectivity index (χ4n) is 3.14. The van der Waals surface area contributed by atoms with E-state index in [-0.39, 0.29) is 5.91 Å². The van der Waals surface area contributed by atoms with Crippen molar-refractivity contribution in [2.75, 3.05) is 30.8 Å². The number of thioether (sulfide) groups is 1. The van der Waals surface area contributed by atoms with Crippen molar-refractivity contribution in [3.05, 3.63) is 29.8 Å². The summed E-state index contributed by atoms with van der Waals surface area (Å²) in [6.45, 7) is 2.54. The molecule has 2 aliphatic heterocycles. The second-order valence-electron chi connectivity index (χ2n) is 6.26. The minimum Gasteiger partial charge on any atom is -0.355 e. The summed E-state index contributed by atoms with van der Waals surface area (Å²) in [5.74, 6) is 2.36. The van der Waals surface area contributed by atoms with Crippen molar-refractivity contribution in [3.8, 4) is 0 Å². The van der Waals surface area contributed by atoms with Gasteiger partial charge in [0.2, 0.25) is 5.91 Å². The van der Waals surface area contributed by atoms with Gasteiger partial charge in [0.05, 0.1) is 0 Å². The van der Waals surface area contributed by atoms with Crippen LogP contribution in [0.2, 0.25) is 0 Å². The Kier molecular flexibility index (Phi) is 6.01. The van der Waals surface area contributed by atoms with Crippen molar-refractivity contribution < 1.29 is 4.79 Å². The van der Waals surface area contributed by atoms with Gasteiger partial charge in [-0.25, -0.2) is 0 Å². The van der Waals surface area contributed by atoms with Crippen molar-refractivity contribution in [2.45, 2.75) is 37.5 Å². The molecule has 6 heteroatoms. The number of aliphatic imine (C=N–C) groups is 1. The molecule has 2 aliphatic rings. The lowest BCUT2D eigenvalue weighted by molar-refractivity contribution is -0.117. The van der Waals surface area contributed by atoms with E-state index in [0.717, 1.165) is 37.7 Å². The van der Waals surface area contributed by atoms with E-state index >= 15 is 0 Å². The number of guanidine groups is 1. The van der Waals surface area contributed by atoms with Crippen LogP contribution in [-0.4, -0.2) is 43.0 Å². The maximum atomic E-state index is 11.8. The van der Waals surface area contributed by atoms with Gasteiger partial charge >= 0.3 is 0 Å². The van der Waals surface area contributed by atoms with E-state index in [4.69, 9.17) is 0 Å². The summed E-state index contributed by atoms with van der Waals surface area (Å²) >= 11 is 2.05. The van der Waals surface area contributed by atoms with E-state index in [1.54, 1.807) is 7.05 Å². The molecule has 1 aromatic rings. The maximum Gasteiger partial charge on any atom is 0.227 e. The number of benzene rings is 1. The Morgan fingerprint density at radius 1 is 1.29 bits per heavy atom. The second kappa shape index (κ2) is 8.42. The van der Waals surface area contributed by atoms with Crippen molar-refractivity contribution >= 4 is 29.3 Å². The van der Waals surface area contributed by atoms with E-state index in [2.05, 4.69) is 27.8 Å². The summed E-state index contributed by atoms with van der Waals surface area (Å²) in [5.41, 5.74) is 2.19. The van der Waals surface area contributed by atoms with Gasteiger partial charge < -0.3 is 15.5 Å². The number of rotatable bonds is 5. The SMILES string of the molecule is CN=C(NCc1ccc(N2CCCC2=O)cc1)NCC1CCCS1. The van der Waals surface area contributed by atoms with Crippen LogP contribution in [0.1, 0.15) is 31.2 Å². The maximum absolute atomic E-state index is 11.8. The number of nitrogens with one attached hydrogen (secondary N) is 2. The molecule has 1 unspecified atom stereocenters. The van der Waals surface area contributed by atoms with Crippen LogP contribution < -0.4 is 15.5 Å². The van der Waals surface area contributed by atoms with Gasteiger partial charge in [0.1, 0.15) is 0 Å². The molecule has 5 nitrogen and oxygen atoms in total. The van der Waals surface area contributed by atoms with Crippen LogP contribution in [0.4, 0.5) is 5.69 Å². The largest absolute Gasteiger partial charge is 0.355 e. The molecule has 0 aromatic heterocycles. The molecule has 2 heterocycles. The van der Waals surface area contributed by atoms with Gasteiger partial charge in [0.15, 0.2) is 5.96 Å². The third-order valence-corrected chi connectivity index (χ3v) is 5.92. The molecule has 1 amide bonds. The zero-order chi connectivity index (χ0) is 16.8. The molecular formula is C18H26N4OS. The van der Waals surface area contributed by atoms with E-state index in [0.29, 0.717) is 11.7 Å². The third-order valence-electron chi connectivity index (χ3n) is 4.53. The zero-order valence-corrected chi connectivity index (χ0v) is 15.1. The molecular weight excluding hydrogens is 320 g/mol. The molecule has 1 atom stereocenters. The van der Waals surface area contributed by atoms with Gasteiger partial charge in [0, 0.05) is 44.0 Å². The monoisotopic (exact) mass is 346 g/mol. The molecule has 0 radical (unpaired) electrons. The Balaban J connectivity index is 1.47. The van der Waals surface area contributed by atoms with Crippen LogP contribution in [0.15, 0.2) is 29.3 Å². The summed E-state index contributed by atoms with van der Waals surface area (Å²) in [6.07, 6.45) is 4.26. The minimum atomic E-state index is 0.232. The molecule has 3 rings (SSSR count). The Hall–Kier alpha value is -1.69. The Morgan fingerprint density at radius 2 is 2.12 bits per heavy atom. The van der Waals surface area contributed by atoms with Crippen molar-refractivity contribution in [2.24, 2.45) is 4.99 Å². The molecule has 24 heavy (non-hydrogen) atoms. The van der Waals surface area contributed by atoms with Gasteiger partial charge in [-0.2, -0.15) is 11.8 Å². The van der Waals surface area contributed by atoms with Crippen LogP contribution in [-0.2, 0) is 11.3 Å². The molecule has 2 saturated heterocycles. The Labute approximate surface area is 148 Å². The summed E-state index contributed by atoms with van der Waals surface area (Å²) < 4.78 is 0. The van der Waals surface area contributed by atoms with Crippen LogP contribution in [0, 0.1) is 0 Å². The summed E-state index contributed by atoms with van der Waals surface area (Å²) in [4.78, 5) is 17.9. The van der Waals surface area contributed by atoms with E-state index in [9.17, 15) is 4.79 Å². The van der Waals surface area contributed by atoms with Gasteiger partial charge in [-0.05, 0) is 42.7 Å². The van der Waals surface area contributed by atoms with Crippen LogP contribution in [0.5, 0.6) is 0 Å². The van der Waals surface area contributed by atoms with Crippen molar-refractivity contribution in [1.82, 2.24) is 10.6 Å². The number of amides is 1. The number of nitrogens with zero attached hydrogens (tertiary/aromatic N) is 2. The number of anilines is 1. The van der Waals surface area contributed by atoms with Crippen LogP contribution in [0.25, 0.3) is 0 Å². The van der Waals surface area contributed by atoms with Crippen molar-refractivity contribution in [1.29, 1.82) is 0 Å². The van der Waals surface area contributed by atoms with Gasteiger partial charge in [-0.15, -0.1) is 0 Å². The van der Waals surface area contributed by atoms with Crippen LogP contribution >= 0.6 is 11.8 Å². The minimum absolute atomic E-state index is 0.232. The summed E-state index contributed by atoms with van der Waals surface area (Å²) in [7, 11) is 1.80. The van der Waals surface area contributed by atoms with Gasteiger partial charge in [0.25, 0.3) is 0 Å². The van der Waals surface area contributed by atoms with Crippen molar-refractivity contribution in [3.63, 3.8) is 0 Å². The molecule has 1 aromatic carbocycles. The normalized spacial score (nSPS) is 21.4. The lowest BCUT2D eigenvalue weighted by Gasteiger charge is -2.17. The van der Waals surface area contributed by atoms with E-state index in [1.807, 2.05) is 28.8 Å². The topological polar surface area (TPSA) is 56.7 Å². The molecule has 0 bridgehead atoms. The fourth-order valence-corrected chi connectivity index (χ4v) is 4.34. The predicted octanol–water partition coefficient (Wildman–Crippen LogP) is 2.37. The number of hydrogen-bond acceptors (Lipinski definition) is 3. The lowest BCUT2D eigenvalue weighted by Crippen LogP contribution is -2.39. The average Bonchev–Trinajstić information content (AvgIpc) is 3.27. The number of hydrogen-bond donors (Lipinski definition) is 2. The first kappa shape index (κ1) is 17.1. The highest BCUT2D eigenvalue weighted by Crippen LogP contribution is 2.25. The number of carbonyl (C=O) groups is 1. The molecule has 0 spiro atoms. The number of carbonyl (C=O) groups excluding carboxylic acids is 1. The third kappa shape index (κ3) is 4.44. The predicted molar refractivity (Wildman–Crippen MR) is 102 cm³/mol. The first-order valence-corrected chi connectivity index (χ1v) is 9.76. The zero-order valence-electron chi connectivity index (χ0n) is 14.3. The van der Waals surface area contributed by atoms with Gasteiger partial charge in [-0.3, -0.25) is 9.79 Å². The molecule has 2 N–H and O–H groups in total. The van der Waals surface area contributed by atoms with E-state index in [1.165, 1.54) is 24.2 Å². The molecule has 2 fully saturated rings. The van der Waals surface area contributed by atoms with Gasteiger partial charge in [-0.1, -0.05) is 12.1 Å². The quantitative estimate of drug-likeness (QED) is 0.635. The first-order valence-electron chi connectivity index (χ1n) is 8.71. The molecule has 0 aliphatic carbocycles. The fraction of sp³-hybridized carbons (Fsp3) is 0.556. The smallest absolute Gasteiger partial charge is 0.227 e. The van der Waals surface area contributed by atoms with E-state index < -0.39 is 0 Å². The van der Waals surface area contributed by atoms with Crippen LogP contribution in [0.3, 0.4) is 0 Å². The molecule has 130 valence electrons. The lowest BCUT2D eigenvalue weighted by atomic mass is 10.2. The highest BCUT2D eigenvalue weighted by molar-refractivity contribution is 8.00. The summed E-state index contributed by atoms with van der Waals surface area (Å²) in [6, 6.07) is 8.22. The summed E-state index contributed by atoms with van der Waals surface area (Å²) in [5, 5.41) is 7.47. The first-order chi connectivity index (χ1) is 11.8. The Morgan fingerprint density at radius 3 is 2.75 bits per heavy atom. The standard InChI is InChI=1S/C18H26N4OS/c1-19-18(21-13-16-4-3-11-24-16)20-12-14-6-8-15(9-7-14)22-10-2-5-17(22)23/h6-9,16H,2-5,10-13H2,1H3,(H2,19,20,21). The Bertz CT molecular complexity index is 581. The molecule has 0 saturated carbocycles.